The summed E-state index contributed by atoms with van der Waals surface area (Å²) in [6.45, 7) is 2.93. The standard InChI is InChI=1S/C15H15NO9/c1-3-23-13(20)11(17)16-10-6-5-8(7-9(10)12(18)19)25-15(22)14(21)24-4-2/h5-7H,3-4H2,1-2H3,(H,16,17)(H,18,19). The van der Waals surface area contributed by atoms with Crippen LogP contribution in [0.4, 0.5) is 5.69 Å². The average molecular weight is 353 g/mol. The van der Waals surface area contributed by atoms with Gasteiger partial charge in [-0.1, -0.05) is 0 Å². The van der Waals surface area contributed by atoms with Gasteiger partial charge in [-0.3, -0.25) is 4.79 Å². The van der Waals surface area contributed by atoms with Gasteiger partial charge >= 0.3 is 29.8 Å². The summed E-state index contributed by atoms with van der Waals surface area (Å²) in [6, 6.07) is 3.12. The van der Waals surface area contributed by atoms with Gasteiger partial charge in [0.05, 0.1) is 24.5 Å². The van der Waals surface area contributed by atoms with E-state index in [0.29, 0.717) is 0 Å². The second kappa shape index (κ2) is 9.01. The molecule has 0 radical (unpaired) electrons. The zero-order valence-electron chi connectivity index (χ0n) is 13.4. The molecule has 1 aromatic carbocycles. The minimum atomic E-state index is -1.46. The van der Waals surface area contributed by atoms with Crippen LogP contribution in [0.15, 0.2) is 18.2 Å². The zero-order chi connectivity index (χ0) is 19.0. The first-order valence-electron chi connectivity index (χ1n) is 7.04. The summed E-state index contributed by atoms with van der Waals surface area (Å²) in [5.74, 6) is -6.64. The Morgan fingerprint density at radius 3 is 2.12 bits per heavy atom. The van der Waals surface area contributed by atoms with E-state index in [1.807, 2.05) is 0 Å². The molecule has 0 saturated heterocycles. The Kier molecular flexibility index (Phi) is 7.07. The van der Waals surface area contributed by atoms with Gasteiger partial charge in [-0.2, -0.15) is 0 Å². The second-order valence-electron chi connectivity index (χ2n) is 4.30. The van der Waals surface area contributed by atoms with Gasteiger partial charge in [0.2, 0.25) is 0 Å². The molecule has 1 rings (SSSR count). The molecule has 0 unspecified atom stereocenters. The van der Waals surface area contributed by atoms with Gasteiger partial charge < -0.3 is 24.6 Å². The first kappa shape index (κ1) is 19.6. The van der Waals surface area contributed by atoms with Crippen LogP contribution in [-0.4, -0.2) is 48.1 Å². The third kappa shape index (κ3) is 5.61. The molecule has 0 atom stereocenters. The zero-order valence-corrected chi connectivity index (χ0v) is 13.4. The number of hydrogen-bond acceptors (Lipinski definition) is 8. The number of esters is 3. The first-order chi connectivity index (χ1) is 11.8. The van der Waals surface area contributed by atoms with E-state index in [0.717, 1.165) is 18.2 Å². The number of benzene rings is 1. The number of carbonyl (C=O) groups excluding carboxylic acids is 4. The highest BCUT2D eigenvalue weighted by Gasteiger charge is 2.22. The Labute approximate surface area is 141 Å². The lowest BCUT2D eigenvalue weighted by atomic mass is 10.1. The second-order valence-corrected chi connectivity index (χ2v) is 4.30. The van der Waals surface area contributed by atoms with Crippen molar-refractivity contribution in [3.05, 3.63) is 23.8 Å². The highest BCUT2D eigenvalue weighted by Crippen LogP contribution is 2.22. The van der Waals surface area contributed by atoms with Gasteiger partial charge in [-0.25, -0.2) is 19.2 Å². The maximum atomic E-state index is 11.6. The van der Waals surface area contributed by atoms with Crippen molar-refractivity contribution in [1.29, 1.82) is 0 Å². The SMILES string of the molecule is CCOC(=O)C(=O)Nc1ccc(OC(=O)C(=O)OCC)cc1C(=O)O. The summed E-state index contributed by atoms with van der Waals surface area (Å²) in [5.41, 5.74) is -0.687. The van der Waals surface area contributed by atoms with Crippen molar-refractivity contribution in [3.8, 4) is 5.75 Å². The molecule has 0 aliphatic heterocycles. The summed E-state index contributed by atoms with van der Waals surface area (Å²) in [6.07, 6.45) is 0. The summed E-state index contributed by atoms with van der Waals surface area (Å²) in [7, 11) is 0. The van der Waals surface area contributed by atoms with Gasteiger partial charge in [-0.15, -0.1) is 0 Å². The van der Waals surface area contributed by atoms with Crippen molar-refractivity contribution >= 4 is 35.5 Å². The fraction of sp³-hybridized carbons (Fsp3) is 0.267. The van der Waals surface area contributed by atoms with Gasteiger partial charge in [0.1, 0.15) is 5.75 Å². The number of rotatable bonds is 5. The number of carboxylic acids is 1. The molecule has 1 aromatic rings. The summed E-state index contributed by atoms with van der Waals surface area (Å²) in [5, 5.41) is 11.2. The molecule has 0 aliphatic carbocycles. The third-order valence-electron chi connectivity index (χ3n) is 2.58. The fourth-order valence-electron chi connectivity index (χ4n) is 1.58. The van der Waals surface area contributed by atoms with E-state index in [4.69, 9.17) is 0 Å². The number of hydrogen-bond donors (Lipinski definition) is 2. The maximum Gasteiger partial charge on any atom is 0.422 e. The lowest BCUT2D eigenvalue weighted by Crippen LogP contribution is -2.26. The lowest BCUT2D eigenvalue weighted by Gasteiger charge is -2.10. The Morgan fingerprint density at radius 2 is 1.56 bits per heavy atom. The minimum absolute atomic E-state index is 0.0270. The molecule has 25 heavy (non-hydrogen) atoms. The Bertz CT molecular complexity index is 711. The third-order valence-corrected chi connectivity index (χ3v) is 2.58. The highest BCUT2D eigenvalue weighted by atomic mass is 16.6. The van der Waals surface area contributed by atoms with Crippen molar-refractivity contribution in [2.24, 2.45) is 0 Å². The Morgan fingerprint density at radius 1 is 0.960 bits per heavy atom. The van der Waals surface area contributed by atoms with Crippen LogP contribution in [0.1, 0.15) is 24.2 Å². The van der Waals surface area contributed by atoms with Crippen molar-refractivity contribution in [2.45, 2.75) is 13.8 Å². The van der Waals surface area contributed by atoms with E-state index in [-0.39, 0.29) is 24.7 Å². The van der Waals surface area contributed by atoms with Gasteiger partial charge in [0, 0.05) is 0 Å². The molecule has 0 aliphatic rings. The topological polar surface area (TPSA) is 145 Å². The largest absolute Gasteiger partial charge is 0.478 e. The molecular weight excluding hydrogens is 338 g/mol. The van der Waals surface area contributed by atoms with Crippen molar-refractivity contribution < 1.29 is 43.3 Å². The van der Waals surface area contributed by atoms with Crippen LogP contribution in [0.25, 0.3) is 0 Å². The number of aromatic carboxylic acids is 1. The monoisotopic (exact) mass is 353 g/mol. The van der Waals surface area contributed by atoms with E-state index in [1.165, 1.54) is 13.8 Å². The number of nitrogens with one attached hydrogen (secondary N) is 1. The smallest absolute Gasteiger partial charge is 0.422 e. The van der Waals surface area contributed by atoms with Crippen LogP contribution in [0, 0.1) is 0 Å². The molecule has 0 bridgehead atoms. The van der Waals surface area contributed by atoms with Crippen LogP contribution in [0.2, 0.25) is 0 Å². The van der Waals surface area contributed by atoms with Crippen LogP contribution in [0.5, 0.6) is 5.75 Å². The van der Waals surface area contributed by atoms with E-state index >= 15 is 0 Å². The molecule has 0 spiro atoms. The molecule has 1 amide bonds. The summed E-state index contributed by atoms with van der Waals surface area (Å²) < 4.78 is 13.6. The number of carboxylic acid groups (broad SMARTS) is 1. The van der Waals surface area contributed by atoms with Gasteiger partial charge in [-0.05, 0) is 32.0 Å². The fourth-order valence-corrected chi connectivity index (χ4v) is 1.58. The van der Waals surface area contributed by atoms with Gasteiger partial charge in [0.25, 0.3) is 0 Å². The van der Waals surface area contributed by atoms with Crippen LogP contribution >= 0.6 is 0 Å². The normalized spacial score (nSPS) is 9.68. The molecule has 0 heterocycles. The predicted octanol–water partition coefficient (Wildman–Crippen LogP) is 0.355. The Hall–Kier alpha value is -3.43. The molecule has 134 valence electrons. The number of ether oxygens (including phenoxy) is 3. The summed E-state index contributed by atoms with van der Waals surface area (Å²) >= 11 is 0. The van der Waals surface area contributed by atoms with Crippen LogP contribution in [0.3, 0.4) is 0 Å². The molecule has 2 N–H and O–H groups in total. The molecule has 0 fully saturated rings. The molecule has 0 aromatic heterocycles. The predicted molar refractivity (Wildman–Crippen MR) is 80.9 cm³/mol. The number of carbonyl (C=O) groups is 5. The maximum absolute atomic E-state index is 11.6. The minimum Gasteiger partial charge on any atom is -0.478 e. The molecular formula is C15H15NO9. The quantitative estimate of drug-likeness (QED) is 0.435. The number of amides is 1. The molecule has 10 nitrogen and oxygen atoms in total. The van der Waals surface area contributed by atoms with Crippen molar-refractivity contribution in [2.75, 3.05) is 18.5 Å². The van der Waals surface area contributed by atoms with E-state index < -0.39 is 35.3 Å². The van der Waals surface area contributed by atoms with Gasteiger partial charge in [0.15, 0.2) is 0 Å². The summed E-state index contributed by atoms with van der Waals surface area (Å²) in [4.78, 5) is 56.8. The highest BCUT2D eigenvalue weighted by molar-refractivity contribution is 6.37. The Balaban J connectivity index is 2.98. The van der Waals surface area contributed by atoms with Crippen molar-refractivity contribution in [1.82, 2.24) is 0 Å². The van der Waals surface area contributed by atoms with E-state index in [2.05, 4.69) is 19.5 Å². The first-order valence-corrected chi connectivity index (χ1v) is 7.04. The average Bonchev–Trinajstić information content (AvgIpc) is 2.56. The molecule has 10 heteroatoms. The van der Waals surface area contributed by atoms with Crippen LogP contribution in [-0.2, 0) is 28.7 Å². The lowest BCUT2D eigenvalue weighted by molar-refractivity contribution is -0.161. The van der Waals surface area contributed by atoms with E-state index in [1.54, 1.807) is 0 Å². The van der Waals surface area contributed by atoms with Crippen LogP contribution < -0.4 is 10.1 Å². The number of anilines is 1. The van der Waals surface area contributed by atoms with Crippen molar-refractivity contribution in [3.63, 3.8) is 0 Å². The van der Waals surface area contributed by atoms with E-state index in [9.17, 15) is 29.1 Å². The molecule has 0 saturated carbocycles.